The number of nitro groups is 2. The number of carbonyl (C=O) groups excluding carboxylic acids is 2. The molecule has 2 heterocycles. The van der Waals surface area contributed by atoms with Crippen LogP contribution in [-0.4, -0.2) is 59.3 Å². The Hall–Kier alpha value is -3.94. The van der Waals surface area contributed by atoms with Gasteiger partial charge >= 0.3 is 11.9 Å². The summed E-state index contributed by atoms with van der Waals surface area (Å²) in [6, 6.07) is 10.8. The van der Waals surface area contributed by atoms with Crippen molar-refractivity contribution in [1.29, 1.82) is 0 Å². The lowest BCUT2D eigenvalue weighted by Crippen LogP contribution is -2.51. The molecule has 0 saturated carbocycles. The first kappa shape index (κ1) is 26.1. The molecular weight excluding hydrogens is 492 g/mol. The average Bonchev–Trinajstić information content (AvgIpc) is 3.17. The number of nitro benzene ring substituents is 2. The van der Waals surface area contributed by atoms with Crippen LogP contribution in [0.4, 0.5) is 11.4 Å². The van der Waals surface area contributed by atoms with E-state index in [0.29, 0.717) is 5.56 Å². The average molecular weight is 516 g/mol. The van der Waals surface area contributed by atoms with Gasteiger partial charge in [0.2, 0.25) is 0 Å². The minimum atomic E-state index is -1.23. The molecule has 2 saturated heterocycles. The maximum Gasteiger partial charge on any atom is 0.338 e. The van der Waals surface area contributed by atoms with Gasteiger partial charge in [0.05, 0.1) is 39.6 Å². The summed E-state index contributed by atoms with van der Waals surface area (Å²) < 4.78 is 28.5. The van der Waals surface area contributed by atoms with Crippen LogP contribution >= 0.6 is 0 Å². The van der Waals surface area contributed by atoms with Crippen molar-refractivity contribution < 1.29 is 43.1 Å². The molecule has 2 aliphatic heterocycles. The monoisotopic (exact) mass is 516 g/mol. The van der Waals surface area contributed by atoms with Crippen molar-refractivity contribution in [2.45, 2.75) is 37.9 Å². The van der Waals surface area contributed by atoms with Crippen molar-refractivity contribution in [2.24, 2.45) is 5.92 Å². The molecular formula is C24H24N2O11. The second-order valence-corrected chi connectivity index (χ2v) is 9.14. The summed E-state index contributed by atoms with van der Waals surface area (Å²) in [6.07, 6.45) is -0.923. The Morgan fingerprint density at radius 2 is 1.62 bits per heavy atom. The fraction of sp³-hybridized carbons (Fsp3) is 0.417. The molecule has 0 N–H and O–H groups in total. The zero-order valence-corrected chi connectivity index (χ0v) is 20.0. The lowest BCUT2D eigenvalue weighted by molar-refractivity contribution is -0.394. The van der Waals surface area contributed by atoms with E-state index in [1.807, 2.05) is 0 Å². The molecule has 3 atom stereocenters. The van der Waals surface area contributed by atoms with E-state index in [0.717, 1.165) is 18.2 Å². The molecule has 0 bridgehead atoms. The molecule has 0 radical (unpaired) electrons. The second-order valence-electron chi connectivity index (χ2n) is 9.14. The number of hydrogen-bond donors (Lipinski definition) is 0. The van der Waals surface area contributed by atoms with Crippen LogP contribution in [0.2, 0.25) is 0 Å². The molecule has 0 aliphatic carbocycles. The number of hydrogen-bond acceptors (Lipinski definition) is 11. The van der Waals surface area contributed by atoms with Crippen LogP contribution in [0.5, 0.6) is 0 Å². The van der Waals surface area contributed by atoms with E-state index < -0.39 is 56.8 Å². The Bertz CT molecular complexity index is 1180. The van der Waals surface area contributed by atoms with Crippen LogP contribution < -0.4 is 0 Å². The van der Waals surface area contributed by atoms with Crippen LogP contribution in [-0.2, 0) is 23.7 Å². The van der Waals surface area contributed by atoms with Gasteiger partial charge in [0, 0.05) is 18.6 Å². The van der Waals surface area contributed by atoms with Crippen molar-refractivity contribution in [1.82, 2.24) is 0 Å². The number of carbonyl (C=O) groups is 2. The third kappa shape index (κ3) is 6.07. The molecule has 13 heteroatoms. The Kier molecular flexibility index (Phi) is 7.21. The Labute approximate surface area is 210 Å². The second kappa shape index (κ2) is 10.2. The topological polar surface area (TPSA) is 167 Å². The quantitative estimate of drug-likeness (QED) is 0.300. The van der Waals surface area contributed by atoms with Crippen molar-refractivity contribution in [3.63, 3.8) is 0 Å². The van der Waals surface area contributed by atoms with Crippen LogP contribution in [0.1, 0.15) is 41.0 Å². The smallest absolute Gasteiger partial charge is 0.338 e. The van der Waals surface area contributed by atoms with E-state index in [-0.39, 0.29) is 31.8 Å². The summed E-state index contributed by atoms with van der Waals surface area (Å²) in [5.41, 5.74) is -1.30. The first-order valence-electron chi connectivity index (χ1n) is 11.3. The summed E-state index contributed by atoms with van der Waals surface area (Å²) in [4.78, 5) is 46.2. The number of rotatable bonds is 7. The third-order valence-corrected chi connectivity index (χ3v) is 5.93. The van der Waals surface area contributed by atoms with Crippen molar-refractivity contribution >= 4 is 23.3 Å². The van der Waals surface area contributed by atoms with Gasteiger partial charge in [0.15, 0.2) is 11.6 Å². The minimum absolute atomic E-state index is 0.00669. The predicted octanol–water partition coefficient (Wildman–Crippen LogP) is 3.40. The van der Waals surface area contributed by atoms with Gasteiger partial charge in [-0.3, -0.25) is 20.2 Å². The van der Waals surface area contributed by atoms with Gasteiger partial charge in [-0.15, -0.1) is 0 Å². The molecule has 37 heavy (non-hydrogen) atoms. The molecule has 1 spiro atoms. The highest BCUT2D eigenvalue weighted by Gasteiger charge is 2.53. The highest BCUT2D eigenvalue weighted by atomic mass is 16.8. The summed E-state index contributed by atoms with van der Waals surface area (Å²) in [5.74, 6) is -4.42. The summed E-state index contributed by atoms with van der Waals surface area (Å²) in [7, 11) is 0. The number of non-ortho nitro benzene ring substituents is 2. The summed E-state index contributed by atoms with van der Waals surface area (Å²) in [6.45, 7) is 3.26. The van der Waals surface area contributed by atoms with Gasteiger partial charge in [0.1, 0.15) is 19.3 Å². The molecule has 0 aromatic heterocycles. The fourth-order valence-corrected chi connectivity index (χ4v) is 4.12. The zero-order chi connectivity index (χ0) is 26.8. The maximum atomic E-state index is 13.0. The predicted molar refractivity (Wildman–Crippen MR) is 124 cm³/mol. The highest BCUT2D eigenvalue weighted by molar-refractivity contribution is 5.91. The summed E-state index contributed by atoms with van der Waals surface area (Å²) >= 11 is 0. The fourth-order valence-electron chi connectivity index (χ4n) is 4.12. The highest BCUT2D eigenvalue weighted by Crippen LogP contribution is 2.41. The minimum Gasteiger partial charge on any atom is -0.462 e. The molecule has 0 amide bonds. The number of esters is 2. The van der Waals surface area contributed by atoms with Crippen molar-refractivity contribution in [3.05, 3.63) is 79.9 Å². The molecule has 2 aliphatic rings. The van der Waals surface area contributed by atoms with E-state index in [2.05, 4.69) is 0 Å². The first-order valence-corrected chi connectivity index (χ1v) is 11.3. The normalized spacial score (nSPS) is 24.4. The molecule has 196 valence electrons. The molecule has 2 aromatic carbocycles. The SMILES string of the molecule is CC1(C)OC[C@@]2(C[C@H](OC(=O)c3cc([N+](=O)[O-])cc([N+](=O)[O-])c3)[C@H](COC(=O)c3ccccc3)CO2)O1. The van der Waals surface area contributed by atoms with Gasteiger partial charge in [-0.1, -0.05) is 18.2 Å². The van der Waals surface area contributed by atoms with E-state index in [9.17, 15) is 29.8 Å². The zero-order valence-electron chi connectivity index (χ0n) is 20.0. The Morgan fingerprint density at radius 3 is 2.19 bits per heavy atom. The van der Waals surface area contributed by atoms with Gasteiger partial charge in [-0.25, -0.2) is 9.59 Å². The van der Waals surface area contributed by atoms with E-state index >= 15 is 0 Å². The van der Waals surface area contributed by atoms with Crippen LogP contribution in [0.3, 0.4) is 0 Å². The van der Waals surface area contributed by atoms with Gasteiger partial charge in [-0.2, -0.15) is 0 Å². The van der Waals surface area contributed by atoms with Crippen molar-refractivity contribution in [2.75, 3.05) is 19.8 Å². The number of benzene rings is 2. The molecule has 0 unspecified atom stereocenters. The van der Waals surface area contributed by atoms with E-state index in [1.165, 1.54) is 0 Å². The number of nitrogens with zero attached hydrogens (tertiary/aromatic N) is 2. The standard InChI is InChI=1S/C24H24N2O11/c1-23(2)35-14-24(37-23)11-20(17(13-34-24)12-33-21(27)15-6-4-3-5-7-15)36-22(28)16-8-18(25(29)30)10-19(9-16)26(31)32/h3-10,17,20H,11-14H2,1-2H3/t17-,20+,24-/m1/s1. The Balaban J connectivity index is 1.55. The van der Waals surface area contributed by atoms with Crippen LogP contribution in [0.15, 0.2) is 48.5 Å². The largest absolute Gasteiger partial charge is 0.462 e. The van der Waals surface area contributed by atoms with E-state index in [4.69, 9.17) is 23.7 Å². The maximum absolute atomic E-state index is 13.0. The molecule has 4 rings (SSSR count). The number of ether oxygens (including phenoxy) is 5. The molecule has 2 fully saturated rings. The van der Waals surface area contributed by atoms with E-state index in [1.54, 1.807) is 44.2 Å². The lowest BCUT2D eigenvalue weighted by atomic mass is 9.93. The first-order chi connectivity index (χ1) is 17.5. The van der Waals surface area contributed by atoms with Gasteiger partial charge in [0.25, 0.3) is 11.4 Å². The van der Waals surface area contributed by atoms with Gasteiger partial charge in [-0.05, 0) is 26.0 Å². The molecule has 2 aromatic rings. The van der Waals surface area contributed by atoms with Crippen molar-refractivity contribution in [3.8, 4) is 0 Å². The van der Waals surface area contributed by atoms with Crippen LogP contribution in [0.25, 0.3) is 0 Å². The van der Waals surface area contributed by atoms with Crippen LogP contribution in [0, 0.1) is 26.1 Å². The Morgan fingerprint density at radius 1 is 0.973 bits per heavy atom. The summed E-state index contributed by atoms with van der Waals surface area (Å²) in [5, 5.41) is 22.4. The lowest BCUT2D eigenvalue weighted by Gasteiger charge is -2.40. The van der Waals surface area contributed by atoms with Gasteiger partial charge < -0.3 is 23.7 Å². The molecule has 13 nitrogen and oxygen atoms in total. The third-order valence-electron chi connectivity index (χ3n) is 5.93.